The Morgan fingerprint density at radius 2 is 1.83 bits per heavy atom. The lowest BCUT2D eigenvalue weighted by molar-refractivity contribution is -0.137. The summed E-state index contributed by atoms with van der Waals surface area (Å²) in [5, 5.41) is 0.425. The van der Waals surface area contributed by atoms with Crippen LogP contribution in [0.5, 0.6) is 0 Å². The average molecular weight is 470 g/mol. The van der Waals surface area contributed by atoms with E-state index in [0.717, 1.165) is 29.5 Å². The van der Waals surface area contributed by atoms with Gasteiger partial charge in [-0.25, -0.2) is 4.57 Å². The second-order valence-electron chi connectivity index (χ2n) is 6.80. The minimum absolute atomic E-state index is 0.321. The number of hydrogen-bond acceptors (Lipinski definition) is 4. The summed E-state index contributed by atoms with van der Waals surface area (Å²) >= 11 is 7.45. The third-order valence-corrected chi connectivity index (χ3v) is 5.75. The molecular weight excluding hydrogens is 450 g/mol. The van der Waals surface area contributed by atoms with Crippen molar-refractivity contribution in [2.24, 2.45) is 5.73 Å². The molecule has 0 spiro atoms. The molecule has 5 nitrogen and oxygen atoms in total. The van der Waals surface area contributed by atoms with E-state index in [9.17, 15) is 17.7 Å². The van der Waals surface area contributed by atoms with E-state index in [1.165, 1.54) is 6.07 Å². The van der Waals surface area contributed by atoms with Gasteiger partial charge in [0.1, 0.15) is 0 Å². The van der Waals surface area contributed by atoms with Crippen LogP contribution in [0.4, 0.5) is 13.2 Å². The van der Waals surface area contributed by atoms with Gasteiger partial charge in [0.25, 0.3) is 0 Å². The second kappa shape index (κ2) is 9.39. The highest BCUT2D eigenvalue weighted by Crippen LogP contribution is 2.38. The monoisotopic (exact) mass is 469 g/mol. The molecule has 0 aliphatic carbocycles. The lowest BCUT2D eigenvalue weighted by Gasteiger charge is -2.24. The van der Waals surface area contributed by atoms with Crippen LogP contribution in [0.25, 0.3) is 0 Å². The molecule has 1 atom stereocenters. The molecule has 2 aromatic carbocycles. The van der Waals surface area contributed by atoms with Crippen molar-refractivity contribution >= 4 is 31.2 Å². The maximum atomic E-state index is 12.8. The van der Waals surface area contributed by atoms with Crippen LogP contribution in [0.15, 0.2) is 52.3 Å². The van der Waals surface area contributed by atoms with E-state index in [2.05, 4.69) is 4.52 Å². The van der Waals surface area contributed by atoms with Gasteiger partial charge in [0.05, 0.1) is 12.2 Å². The number of nitrogens with two attached hydrogens (primary N) is 1. The summed E-state index contributed by atoms with van der Waals surface area (Å²) < 4.78 is 53.8. The van der Waals surface area contributed by atoms with Crippen LogP contribution in [-0.4, -0.2) is 21.9 Å². The Morgan fingerprint density at radius 1 is 1.17 bits per heavy atom. The molecule has 2 rings (SSSR count). The van der Waals surface area contributed by atoms with Gasteiger partial charge in [0.15, 0.2) is 0 Å². The molecule has 0 fully saturated rings. The molecule has 2 aromatic rings. The van der Waals surface area contributed by atoms with Crippen molar-refractivity contribution in [1.29, 1.82) is 0 Å². The summed E-state index contributed by atoms with van der Waals surface area (Å²) in [6.45, 7) is 1.28. The minimum Gasteiger partial charge on any atom is -0.323 e. The number of phosphoric ester groups is 1. The van der Waals surface area contributed by atoms with Crippen LogP contribution in [-0.2, 0) is 21.7 Å². The topological polar surface area (TPSA) is 92.8 Å². The summed E-state index contributed by atoms with van der Waals surface area (Å²) in [6, 6.07) is 10.2. The molecule has 0 aliphatic heterocycles. The van der Waals surface area contributed by atoms with Crippen molar-refractivity contribution in [2.75, 3.05) is 6.61 Å². The lowest BCUT2D eigenvalue weighted by atomic mass is 9.95. The first-order valence-electron chi connectivity index (χ1n) is 8.38. The first kappa shape index (κ1) is 24.2. The Kier molecular flexibility index (Phi) is 7.84. The number of phosphoric acid groups is 1. The highest BCUT2D eigenvalue weighted by atomic mass is 35.5. The Labute approximate surface area is 175 Å². The lowest BCUT2D eigenvalue weighted by Crippen LogP contribution is -2.41. The molecule has 0 amide bonds. The fourth-order valence-corrected chi connectivity index (χ4v) is 4.11. The number of aryl methyl sites for hydroxylation is 1. The first-order valence-corrected chi connectivity index (χ1v) is 11.1. The summed E-state index contributed by atoms with van der Waals surface area (Å²) in [7, 11) is -4.60. The van der Waals surface area contributed by atoms with Crippen molar-refractivity contribution in [3.8, 4) is 0 Å². The van der Waals surface area contributed by atoms with E-state index in [0.29, 0.717) is 27.7 Å². The smallest absolute Gasteiger partial charge is 0.323 e. The van der Waals surface area contributed by atoms with Crippen molar-refractivity contribution in [2.45, 2.75) is 41.3 Å². The van der Waals surface area contributed by atoms with E-state index < -0.39 is 25.1 Å². The van der Waals surface area contributed by atoms with Gasteiger partial charge in [-0.3, -0.25) is 4.52 Å². The molecule has 29 heavy (non-hydrogen) atoms. The summed E-state index contributed by atoms with van der Waals surface area (Å²) in [5.41, 5.74) is 5.06. The van der Waals surface area contributed by atoms with Crippen LogP contribution >= 0.6 is 31.2 Å². The van der Waals surface area contributed by atoms with Gasteiger partial charge in [0.2, 0.25) is 0 Å². The molecule has 160 valence electrons. The molecule has 0 radical (unpaired) electrons. The highest BCUT2D eigenvalue weighted by Gasteiger charge is 2.30. The second-order valence-corrected chi connectivity index (χ2v) is 9.59. The molecule has 0 bridgehead atoms. The van der Waals surface area contributed by atoms with Gasteiger partial charge in [0, 0.05) is 20.4 Å². The highest BCUT2D eigenvalue weighted by molar-refractivity contribution is 7.99. The van der Waals surface area contributed by atoms with Crippen molar-refractivity contribution in [3.05, 3.63) is 58.6 Å². The summed E-state index contributed by atoms with van der Waals surface area (Å²) in [4.78, 5) is 18.7. The summed E-state index contributed by atoms with van der Waals surface area (Å²) in [6.07, 6.45) is -3.62. The Bertz CT molecular complexity index is 905. The van der Waals surface area contributed by atoms with Crippen LogP contribution in [0, 0.1) is 0 Å². The van der Waals surface area contributed by atoms with Gasteiger partial charge in [-0.05, 0) is 55.7 Å². The maximum Gasteiger partial charge on any atom is 0.469 e. The largest absolute Gasteiger partial charge is 0.469 e. The van der Waals surface area contributed by atoms with Gasteiger partial charge in [-0.15, -0.1) is 0 Å². The molecule has 11 heteroatoms. The SMILES string of the molecule is CC(N)(CCc1ccc(Sc2cccc(C(F)(F)F)c2)cc1Cl)COP(=O)(O)O. The first-order chi connectivity index (χ1) is 13.3. The number of benzene rings is 2. The van der Waals surface area contributed by atoms with E-state index in [1.54, 1.807) is 31.2 Å². The number of rotatable bonds is 8. The molecule has 0 saturated heterocycles. The Balaban J connectivity index is 2.03. The maximum absolute atomic E-state index is 12.8. The molecule has 0 aliphatic rings. The van der Waals surface area contributed by atoms with Gasteiger partial charge < -0.3 is 15.5 Å². The van der Waals surface area contributed by atoms with E-state index in [-0.39, 0.29) is 6.61 Å². The zero-order valence-corrected chi connectivity index (χ0v) is 17.8. The van der Waals surface area contributed by atoms with Crippen LogP contribution in [0.3, 0.4) is 0 Å². The molecule has 1 unspecified atom stereocenters. The molecule has 0 heterocycles. The average Bonchev–Trinajstić information content (AvgIpc) is 2.58. The molecule has 0 aromatic heterocycles. The standard InChI is InChI=1S/C18H20ClF3NO4PS/c1-17(23,11-27-28(24,25)26)8-7-12-5-6-15(10-16(12)19)29-14-4-2-3-13(9-14)18(20,21)22/h2-6,9-10H,7-8,11,23H2,1H3,(H2,24,25,26). The third kappa shape index (κ3) is 8.30. The predicted molar refractivity (Wildman–Crippen MR) is 106 cm³/mol. The molecule has 0 saturated carbocycles. The number of halogens is 4. The quantitative estimate of drug-likeness (QED) is 0.456. The van der Waals surface area contributed by atoms with Crippen molar-refractivity contribution in [3.63, 3.8) is 0 Å². The van der Waals surface area contributed by atoms with Crippen LogP contribution in [0.1, 0.15) is 24.5 Å². The van der Waals surface area contributed by atoms with Gasteiger partial charge in [-0.2, -0.15) is 13.2 Å². The normalized spacial score (nSPS) is 14.6. The predicted octanol–water partition coefficient (Wildman–Crippen LogP) is 5.27. The Morgan fingerprint density at radius 3 is 2.41 bits per heavy atom. The van der Waals surface area contributed by atoms with Crippen LogP contribution in [0.2, 0.25) is 5.02 Å². The van der Waals surface area contributed by atoms with E-state index in [1.807, 2.05) is 0 Å². The van der Waals surface area contributed by atoms with Gasteiger partial charge in [-0.1, -0.05) is 35.5 Å². The fraction of sp³-hybridized carbons (Fsp3) is 0.333. The number of alkyl halides is 3. The Hall–Kier alpha value is -1.06. The van der Waals surface area contributed by atoms with Crippen molar-refractivity contribution < 1.29 is 32.0 Å². The van der Waals surface area contributed by atoms with Crippen molar-refractivity contribution in [1.82, 2.24) is 0 Å². The van der Waals surface area contributed by atoms with E-state index in [4.69, 9.17) is 27.1 Å². The third-order valence-electron chi connectivity index (χ3n) is 3.95. The zero-order valence-electron chi connectivity index (χ0n) is 15.3. The zero-order chi connectivity index (χ0) is 21.9. The fourth-order valence-electron chi connectivity index (χ4n) is 2.39. The van der Waals surface area contributed by atoms with Gasteiger partial charge >= 0.3 is 14.0 Å². The molecular formula is C18H20ClF3NO4PS. The number of hydrogen-bond donors (Lipinski definition) is 3. The van der Waals surface area contributed by atoms with Crippen LogP contribution < -0.4 is 5.73 Å². The minimum atomic E-state index is -4.60. The molecule has 4 N–H and O–H groups in total. The van der Waals surface area contributed by atoms with E-state index >= 15 is 0 Å². The summed E-state index contributed by atoms with van der Waals surface area (Å²) in [5.74, 6) is 0.